The standard InChI is InChI=1S/C11H16N2O2/c1-4-13(5-2)10-7-12-9(11(14)15)6-8(10)3/h6-7H,4-5H2,1-3H3,(H,14,15). The van der Waals surface area contributed by atoms with Crippen LogP contribution in [0.5, 0.6) is 0 Å². The first-order valence-corrected chi connectivity index (χ1v) is 5.05. The number of carbonyl (C=O) groups is 1. The Balaban J connectivity index is 3.07. The summed E-state index contributed by atoms with van der Waals surface area (Å²) in [6, 6.07) is 1.61. The Labute approximate surface area is 89.6 Å². The Hall–Kier alpha value is -1.58. The Morgan fingerprint density at radius 3 is 2.47 bits per heavy atom. The molecular weight excluding hydrogens is 192 g/mol. The van der Waals surface area contributed by atoms with Crippen LogP contribution in [0.3, 0.4) is 0 Å². The van der Waals surface area contributed by atoms with Gasteiger partial charge in [0.05, 0.1) is 11.9 Å². The van der Waals surface area contributed by atoms with Crippen molar-refractivity contribution in [1.29, 1.82) is 0 Å². The van der Waals surface area contributed by atoms with Crippen molar-refractivity contribution in [3.05, 3.63) is 23.5 Å². The van der Waals surface area contributed by atoms with E-state index in [1.807, 2.05) is 6.92 Å². The summed E-state index contributed by atoms with van der Waals surface area (Å²) < 4.78 is 0. The van der Waals surface area contributed by atoms with E-state index in [0.29, 0.717) is 0 Å². The van der Waals surface area contributed by atoms with Gasteiger partial charge in [0.15, 0.2) is 0 Å². The van der Waals surface area contributed by atoms with Gasteiger partial charge in [0.2, 0.25) is 0 Å². The summed E-state index contributed by atoms with van der Waals surface area (Å²) in [6.45, 7) is 7.82. The molecule has 0 spiro atoms. The normalized spacial score (nSPS) is 10.1. The van der Waals surface area contributed by atoms with Gasteiger partial charge in [-0.2, -0.15) is 0 Å². The lowest BCUT2D eigenvalue weighted by molar-refractivity contribution is 0.0690. The highest BCUT2D eigenvalue weighted by Gasteiger charge is 2.10. The molecule has 0 aliphatic heterocycles. The maximum atomic E-state index is 10.7. The first kappa shape index (κ1) is 11.5. The number of hydrogen-bond donors (Lipinski definition) is 1. The monoisotopic (exact) mass is 208 g/mol. The molecule has 1 aromatic rings. The van der Waals surface area contributed by atoms with Crippen LogP contribution in [0.25, 0.3) is 0 Å². The topological polar surface area (TPSA) is 53.4 Å². The molecule has 4 heteroatoms. The van der Waals surface area contributed by atoms with Crippen LogP contribution < -0.4 is 4.90 Å². The lowest BCUT2D eigenvalue weighted by atomic mass is 10.2. The van der Waals surface area contributed by atoms with Crippen LogP contribution in [-0.4, -0.2) is 29.1 Å². The molecule has 82 valence electrons. The third-order valence-electron chi connectivity index (χ3n) is 2.41. The number of pyridine rings is 1. The molecule has 0 saturated carbocycles. The first-order valence-electron chi connectivity index (χ1n) is 5.05. The molecule has 0 aromatic carbocycles. The average Bonchev–Trinajstić information content (AvgIpc) is 2.21. The summed E-state index contributed by atoms with van der Waals surface area (Å²) in [5, 5.41) is 8.78. The Bertz CT molecular complexity index is 360. The zero-order valence-corrected chi connectivity index (χ0v) is 9.32. The average molecular weight is 208 g/mol. The molecule has 15 heavy (non-hydrogen) atoms. The molecule has 1 aromatic heterocycles. The van der Waals surface area contributed by atoms with Crippen molar-refractivity contribution in [1.82, 2.24) is 4.98 Å². The molecule has 0 fully saturated rings. The summed E-state index contributed by atoms with van der Waals surface area (Å²) in [5.74, 6) is -0.982. The van der Waals surface area contributed by atoms with Crippen LogP contribution in [-0.2, 0) is 0 Å². The molecule has 4 nitrogen and oxygen atoms in total. The van der Waals surface area contributed by atoms with E-state index in [1.54, 1.807) is 12.3 Å². The third-order valence-corrected chi connectivity index (χ3v) is 2.41. The fraction of sp³-hybridized carbons (Fsp3) is 0.455. The van der Waals surface area contributed by atoms with Crippen molar-refractivity contribution < 1.29 is 9.90 Å². The molecular formula is C11H16N2O2. The van der Waals surface area contributed by atoms with E-state index in [4.69, 9.17) is 5.11 Å². The predicted molar refractivity (Wildman–Crippen MR) is 59.5 cm³/mol. The third kappa shape index (κ3) is 2.46. The molecule has 0 aliphatic carbocycles. The van der Waals surface area contributed by atoms with E-state index in [1.165, 1.54) is 0 Å². The van der Waals surface area contributed by atoms with Gasteiger partial charge in [-0.15, -0.1) is 0 Å². The second-order valence-corrected chi connectivity index (χ2v) is 3.33. The number of aryl methyl sites for hydroxylation is 1. The molecule has 0 amide bonds. The van der Waals surface area contributed by atoms with Crippen molar-refractivity contribution in [2.24, 2.45) is 0 Å². The molecule has 0 bridgehead atoms. The Morgan fingerprint density at radius 1 is 1.47 bits per heavy atom. The summed E-state index contributed by atoms with van der Waals surface area (Å²) in [5.41, 5.74) is 2.06. The number of carboxylic acids is 1. The second-order valence-electron chi connectivity index (χ2n) is 3.33. The van der Waals surface area contributed by atoms with Gasteiger partial charge >= 0.3 is 5.97 Å². The molecule has 0 atom stereocenters. The SMILES string of the molecule is CCN(CC)c1cnc(C(=O)O)cc1C. The highest BCUT2D eigenvalue weighted by Crippen LogP contribution is 2.18. The van der Waals surface area contributed by atoms with Gasteiger partial charge in [-0.25, -0.2) is 9.78 Å². The summed E-state index contributed by atoms with van der Waals surface area (Å²) in [4.78, 5) is 16.8. The number of carboxylic acid groups (broad SMARTS) is 1. The number of aromatic nitrogens is 1. The first-order chi connectivity index (χ1) is 7.10. The second kappa shape index (κ2) is 4.77. The van der Waals surface area contributed by atoms with Gasteiger partial charge in [-0.05, 0) is 32.4 Å². The van der Waals surface area contributed by atoms with E-state index in [-0.39, 0.29) is 5.69 Å². The van der Waals surface area contributed by atoms with E-state index in [2.05, 4.69) is 23.7 Å². The van der Waals surface area contributed by atoms with Crippen LogP contribution in [0.2, 0.25) is 0 Å². The van der Waals surface area contributed by atoms with Crippen molar-refractivity contribution in [2.75, 3.05) is 18.0 Å². The highest BCUT2D eigenvalue weighted by molar-refractivity contribution is 5.86. The van der Waals surface area contributed by atoms with Crippen LogP contribution in [0.1, 0.15) is 29.9 Å². The molecule has 0 aliphatic rings. The zero-order valence-electron chi connectivity index (χ0n) is 9.32. The molecule has 1 rings (SSSR count). The van der Waals surface area contributed by atoms with Crippen molar-refractivity contribution in [3.63, 3.8) is 0 Å². The predicted octanol–water partition coefficient (Wildman–Crippen LogP) is 1.93. The van der Waals surface area contributed by atoms with E-state index in [0.717, 1.165) is 24.3 Å². The van der Waals surface area contributed by atoms with Crippen LogP contribution in [0, 0.1) is 6.92 Å². The fourth-order valence-electron chi connectivity index (χ4n) is 1.56. The van der Waals surface area contributed by atoms with Gasteiger partial charge in [0.1, 0.15) is 5.69 Å². The zero-order chi connectivity index (χ0) is 11.4. The number of hydrogen-bond acceptors (Lipinski definition) is 3. The minimum Gasteiger partial charge on any atom is -0.477 e. The molecule has 0 saturated heterocycles. The van der Waals surface area contributed by atoms with E-state index >= 15 is 0 Å². The summed E-state index contributed by atoms with van der Waals surface area (Å²) >= 11 is 0. The van der Waals surface area contributed by atoms with Gasteiger partial charge in [0.25, 0.3) is 0 Å². The molecule has 0 radical (unpaired) electrons. The minimum atomic E-state index is -0.982. The van der Waals surface area contributed by atoms with E-state index in [9.17, 15) is 4.79 Å². The Kier molecular flexibility index (Phi) is 3.66. The number of nitrogens with zero attached hydrogens (tertiary/aromatic N) is 2. The minimum absolute atomic E-state index is 0.100. The van der Waals surface area contributed by atoms with Crippen LogP contribution in [0.15, 0.2) is 12.3 Å². The van der Waals surface area contributed by atoms with Gasteiger partial charge < -0.3 is 10.0 Å². The lowest BCUT2D eigenvalue weighted by Gasteiger charge is -2.22. The van der Waals surface area contributed by atoms with Crippen molar-refractivity contribution >= 4 is 11.7 Å². The van der Waals surface area contributed by atoms with E-state index < -0.39 is 5.97 Å². The molecule has 1 heterocycles. The smallest absolute Gasteiger partial charge is 0.354 e. The Morgan fingerprint density at radius 2 is 2.07 bits per heavy atom. The van der Waals surface area contributed by atoms with Crippen LogP contribution >= 0.6 is 0 Å². The summed E-state index contributed by atoms with van der Waals surface area (Å²) in [7, 11) is 0. The highest BCUT2D eigenvalue weighted by atomic mass is 16.4. The maximum absolute atomic E-state index is 10.7. The van der Waals surface area contributed by atoms with Gasteiger partial charge in [-0.1, -0.05) is 0 Å². The van der Waals surface area contributed by atoms with Crippen LogP contribution in [0.4, 0.5) is 5.69 Å². The van der Waals surface area contributed by atoms with Gasteiger partial charge in [-0.3, -0.25) is 0 Å². The van der Waals surface area contributed by atoms with Crippen molar-refractivity contribution in [2.45, 2.75) is 20.8 Å². The van der Waals surface area contributed by atoms with Crippen molar-refractivity contribution in [3.8, 4) is 0 Å². The summed E-state index contributed by atoms with van der Waals surface area (Å²) in [6.07, 6.45) is 1.63. The fourth-order valence-corrected chi connectivity index (χ4v) is 1.56. The maximum Gasteiger partial charge on any atom is 0.354 e. The number of rotatable bonds is 4. The quantitative estimate of drug-likeness (QED) is 0.821. The number of aromatic carboxylic acids is 1. The molecule has 0 unspecified atom stereocenters. The van der Waals surface area contributed by atoms with Gasteiger partial charge in [0, 0.05) is 13.1 Å². The number of anilines is 1. The molecule has 1 N–H and O–H groups in total. The largest absolute Gasteiger partial charge is 0.477 e. The lowest BCUT2D eigenvalue weighted by Crippen LogP contribution is -2.23.